The number of carbonyl (C=O) groups is 2. The van der Waals surface area contributed by atoms with E-state index in [9.17, 15) is 14.4 Å². The fourth-order valence-electron chi connectivity index (χ4n) is 2.19. The molecule has 0 spiro atoms. The third kappa shape index (κ3) is 4.62. The number of hydrogen-bond acceptors (Lipinski definition) is 3. The molecule has 1 aromatic rings. The van der Waals surface area contributed by atoms with E-state index in [0.29, 0.717) is 5.56 Å². The molecule has 0 N–H and O–H groups in total. The molecule has 0 bridgehead atoms. The van der Waals surface area contributed by atoms with Crippen LogP contribution in [0.3, 0.4) is 0 Å². The van der Waals surface area contributed by atoms with Crippen molar-refractivity contribution in [2.75, 3.05) is 0 Å². The fraction of sp³-hybridized carbons (Fsp3) is 0.526. The molecule has 0 saturated heterocycles. The molecular weight excluding hydrogens is 276 g/mol. The van der Waals surface area contributed by atoms with Gasteiger partial charge in [-0.05, 0) is 6.07 Å². The molecule has 1 unspecified atom stereocenters. The molecule has 0 aromatic heterocycles. The van der Waals surface area contributed by atoms with Crippen LogP contribution in [0.5, 0.6) is 0 Å². The average molecular weight is 302 g/mol. The van der Waals surface area contributed by atoms with E-state index < -0.39 is 16.7 Å². The van der Waals surface area contributed by atoms with Crippen molar-refractivity contribution < 1.29 is 9.59 Å². The highest BCUT2D eigenvalue weighted by molar-refractivity contribution is 5.95. The van der Waals surface area contributed by atoms with E-state index in [0.717, 1.165) is 0 Å². The quantitative estimate of drug-likeness (QED) is 0.851. The van der Waals surface area contributed by atoms with Crippen molar-refractivity contribution in [3.8, 4) is 0 Å². The first-order chi connectivity index (χ1) is 9.94. The lowest BCUT2D eigenvalue weighted by Crippen LogP contribution is -2.33. The second-order valence-electron chi connectivity index (χ2n) is 7.77. The van der Waals surface area contributed by atoms with Gasteiger partial charge in [0, 0.05) is 22.8 Å². The van der Waals surface area contributed by atoms with Crippen LogP contribution in [0, 0.1) is 10.8 Å². The van der Waals surface area contributed by atoms with Crippen molar-refractivity contribution in [2.24, 2.45) is 10.8 Å². The van der Waals surface area contributed by atoms with Crippen molar-refractivity contribution in [3.05, 3.63) is 46.1 Å². The van der Waals surface area contributed by atoms with Crippen molar-refractivity contribution >= 4 is 11.6 Å². The van der Waals surface area contributed by atoms with Gasteiger partial charge in [-0.25, -0.2) is 0 Å². The number of ketones is 2. The Hall–Kier alpha value is -1.77. The summed E-state index contributed by atoms with van der Waals surface area (Å²) in [5.74, 6) is -0.777. The van der Waals surface area contributed by atoms with Gasteiger partial charge in [-0.15, -0.1) is 0 Å². The van der Waals surface area contributed by atoms with Gasteiger partial charge in [0.2, 0.25) is 0 Å². The Morgan fingerprint density at radius 1 is 0.909 bits per heavy atom. The Balaban J connectivity index is 3.36. The van der Waals surface area contributed by atoms with E-state index >= 15 is 0 Å². The lowest BCUT2D eigenvalue weighted by Gasteiger charge is -2.26. The van der Waals surface area contributed by atoms with Gasteiger partial charge in [0.05, 0.1) is 5.92 Å². The molecule has 1 aromatic carbocycles. The standard InChI is InChI=1S/C19H26O3/c1-18(2,3)16(21)12-14(17(22)19(4,5)6)13-10-8-7-9-11-15(13)20/h7-11,14H,12H2,1-6H3. The normalized spacial score (nSPS) is 13.5. The van der Waals surface area contributed by atoms with E-state index in [2.05, 4.69) is 0 Å². The van der Waals surface area contributed by atoms with Gasteiger partial charge in [0.1, 0.15) is 11.6 Å². The molecule has 120 valence electrons. The van der Waals surface area contributed by atoms with Crippen LogP contribution in [0.1, 0.15) is 59.4 Å². The van der Waals surface area contributed by atoms with Crippen molar-refractivity contribution in [1.82, 2.24) is 0 Å². The molecule has 1 atom stereocenters. The predicted octanol–water partition coefficient (Wildman–Crippen LogP) is 3.75. The molecule has 0 saturated carbocycles. The summed E-state index contributed by atoms with van der Waals surface area (Å²) in [4.78, 5) is 37.5. The molecular formula is C19H26O3. The van der Waals surface area contributed by atoms with Gasteiger partial charge in [-0.2, -0.15) is 0 Å². The summed E-state index contributed by atoms with van der Waals surface area (Å²) in [6, 6.07) is 8.23. The molecule has 0 aliphatic rings. The Labute approximate surface area is 132 Å². The lowest BCUT2D eigenvalue weighted by molar-refractivity contribution is -0.133. The first-order valence-electron chi connectivity index (χ1n) is 7.61. The zero-order valence-corrected chi connectivity index (χ0v) is 14.4. The zero-order valence-electron chi connectivity index (χ0n) is 14.4. The highest BCUT2D eigenvalue weighted by Crippen LogP contribution is 2.31. The van der Waals surface area contributed by atoms with Crippen LogP contribution in [0.15, 0.2) is 35.1 Å². The van der Waals surface area contributed by atoms with Crippen molar-refractivity contribution in [2.45, 2.75) is 53.9 Å². The maximum absolute atomic E-state index is 12.8. The van der Waals surface area contributed by atoms with Crippen LogP contribution in [-0.4, -0.2) is 11.6 Å². The van der Waals surface area contributed by atoms with E-state index in [4.69, 9.17) is 0 Å². The number of rotatable bonds is 4. The Kier molecular flexibility index (Phi) is 5.44. The third-order valence-corrected chi connectivity index (χ3v) is 3.69. The second-order valence-corrected chi connectivity index (χ2v) is 7.77. The highest BCUT2D eigenvalue weighted by atomic mass is 16.1. The van der Waals surface area contributed by atoms with Crippen LogP contribution in [0.25, 0.3) is 0 Å². The van der Waals surface area contributed by atoms with Crippen LogP contribution >= 0.6 is 0 Å². The number of hydrogen-bond donors (Lipinski definition) is 0. The largest absolute Gasteiger partial charge is 0.299 e. The molecule has 0 aliphatic heterocycles. The minimum atomic E-state index is -0.688. The van der Waals surface area contributed by atoms with Gasteiger partial charge in [0.15, 0.2) is 5.43 Å². The van der Waals surface area contributed by atoms with Crippen molar-refractivity contribution in [1.29, 1.82) is 0 Å². The van der Waals surface area contributed by atoms with Crippen molar-refractivity contribution in [3.63, 3.8) is 0 Å². The van der Waals surface area contributed by atoms with Gasteiger partial charge in [-0.3, -0.25) is 14.4 Å². The molecule has 0 radical (unpaired) electrons. The summed E-state index contributed by atoms with van der Waals surface area (Å²) in [7, 11) is 0. The Morgan fingerprint density at radius 3 is 1.95 bits per heavy atom. The summed E-state index contributed by atoms with van der Waals surface area (Å²) in [5.41, 5.74) is -0.933. The maximum atomic E-state index is 12.8. The Bertz CT molecular complexity index is 616. The summed E-state index contributed by atoms with van der Waals surface area (Å²) >= 11 is 0. The molecule has 22 heavy (non-hydrogen) atoms. The highest BCUT2D eigenvalue weighted by Gasteiger charge is 2.35. The van der Waals surface area contributed by atoms with Crippen LogP contribution < -0.4 is 5.43 Å². The number of carbonyl (C=O) groups excluding carboxylic acids is 2. The fourth-order valence-corrected chi connectivity index (χ4v) is 2.19. The van der Waals surface area contributed by atoms with Gasteiger partial charge >= 0.3 is 0 Å². The molecule has 0 heterocycles. The van der Waals surface area contributed by atoms with Crippen LogP contribution in [0.4, 0.5) is 0 Å². The van der Waals surface area contributed by atoms with E-state index in [1.165, 1.54) is 6.07 Å². The zero-order chi connectivity index (χ0) is 17.1. The van der Waals surface area contributed by atoms with Gasteiger partial charge in [-0.1, -0.05) is 65.8 Å². The van der Waals surface area contributed by atoms with E-state index in [1.807, 2.05) is 41.5 Å². The molecule has 3 heteroatoms. The molecule has 0 amide bonds. The van der Waals surface area contributed by atoms with E-state index in [1.54, 1.807) is 24.3 Å². The Morgan fingerprint density at radius 2 is 1.45 bits per heavy atom. The minimum Gasteiger partial charge on any atom is -0.299 e. The topological polar surface area (TPSA) is 51.2 Å². The summed E-state index contributed by atoms with van der Waals surface area (Å²) in [5, 5.41) is 0. The first-order valence-corrected chi connectivity index (χ1v) is 7.61. The van der Waals surface area contributed by atoms with Crippen LogP contribution in [0.2, 0.25) is 0 Å². The molecule has 1 rings (SSSR count). The lowest BCUT2D eigenvalue weighted by atomic mass is 9.75. The van der Waals surface area contributed by atoms with E-state index in [-0.39, 0.29) is 23.4 Å². The number of Topliss-reactive ketones (excluding diaryl/α,β-unsaturated/α-hetero) is 2. The minimum absolute atomic E-state index is 0.0130. The maximum Gasteiger partial charge on any atom is 0.182 e. The second kappa shape index (κ2) is 6.55. The third-order valence-electron chi connectivity index (χ3n) is 3.69. The average Bonchev–Trinajstić information content (AvgIpc) is 2.57. The summed E-state index contributed by atoms with van der Waals surface area (Å²) in [6.07, 6.45) is 0.0683. The van der Waals surface area contributed by atoms with Gasteiger partial charge < -0.3 is 0 Å². The predicted molar refractivity (Wildman–Crippen MR) is 89.0 cm³/mol. The monoisotopic (exact) mass is 302 g/mol. The smallest absolute Gasteiger partial charge is 0.182 e. The van der Waals surface area contributed by atoms with Crippen LogP contribution in [-0.2, 0) is 9.59 Å². The SMILES string of the molecule is CC(C)(C)C(=O)CC(C(=O)C(C)(C)C)c1cccccc1=O. The molecule has 0 aliphatic carbocycles. The molecule has 3 nitrogen and oxygen atoms in total. The first kappa shape index (κ1) is 18.3. The summed E-state index contributed by atoms with van der Waals surface area (Å²) in [6.45, 7) is 10.9. The summed E-state index contributed by atoms with van der Waals surface area (Å²) < 4.78 is 0. The van der Waals surface area contributed by atoms with Gasteiger partial charge in [0.25, 0.3) is 0 Å². The molecule has 0 fully saturated rings.